The Morgan fingerprint density at radius 1 is 1.27 bits per heavy atom. The third kappa shape index (κ3) is 2.62. The number of nitrogens with two attached hydrogens (primary N) is 1. The van der Waals surface area contributed by atoms with E-state index in [1.807, 2.05) is 18.2 Å². The van der Waals surface area contributed by atoms with Crippen LogP contribution < -0.4 is 5.73 Å². The molecule has 0 amide bonds. The van der Waals surface area contributed by atoms with Crippen LogP contribution in [0.3, 0.4) is 0 Å². The van der Waals surface area contributed by atoms with Gasteiger partial charge < -0.3 is 10.5 Å². The summed E-state index contributed by atoms with van der Waals surface area (Å²) < 4.78 is 5.54. The number of nitrogens with zero attached hydrogens (tertiary/aromatic N) is 1. The van der Waals surface area contributed by atoms with Crippen molar-refractivity contribution in [1.29, 1.82) is 5.26 Å². The molecule has 0 saturated heterocycles. The molecule has 0 radical (unpaired) electrons. The van der Waals surface area contributed by atoms with Crippen LogP contribution in [0.4, 0.5) is 0 Å². The summed E-state index contributed by atoms with van der Waals surface area (Å²) in [6, 6.07) is 12.2. The van der Waals surface area contributed by atoms with Crippen molar-refractivity contribution in [3.8, 4) is 6.07 Å². The maximum Gasteiger partial charge on any atom is 0.204 e. The molecule has 0 fully saturated rings. The molecule has 1 aromatic rings. The lowest BCUT2D eigenvalue weighted by molar-refractivity contribution is -0.117. The van der Waals surface area contributed by atoms with Gasteiger partial charge in [0.05, 0.1) is 5.57 Å². The fourth-order valence-corrected chi connectivity index (χ4v) is 3.21. The molecule has 0 unspecified atom stereocenters. The molecular formula is C18H18N2O2. The minimum atomic E-state index is -0.234. The van der Waals surface area contributed by atoms with E-state index in [1.54, 1.807) is 0 Å². The predicted octanol–water partition coefficient (Wildman–Crippen LogP) is 2.97. The zero-order chi connectivity index (χ0) is 15.5. The molecule has 4 heteroatoms. The summed E-state index contributed by atoms with van der Waals surface area (Å²) in [5.41, 5.74) is 8.15. The average Bonchev–Trinajstić information content (AvgIpc) is 2.53. The van der Waals surface area contributed by atoms with Crippen molar-refractivity contribution >= 4 is 5.78 Å². The summed E-state index contributed by atoms with van der Waals surface area (Å²) in [6.45, 7) is 0. The van der Waals surface area contributed by atoms with Gasteiger partial charge in [-0.25, -0.2) is 0 Å². The Morgan fingerprint density at radius 2 is 2.05 bits per heavy atom. The number of carbonyl (C=O) groups is 1. The van der Waals surface area contributed by atoms with Crippen LogP contribution in [0.15, 0.2) is 53.1 Å². The molecule has 3 rings (SSSR count). The molecule has 112 valence electrons. The van der Waals surface area contributed by atoms with E-state index in [0.29, 0.717) is 29.7 Å². The fraction of sp³-hybridized carbons (Fsp3) is 0.333. The second-order valence-electron chi connectivity index (χ2n) is 5.68. The molecule has 1 atom stereocenters. The van der Waals surface area contributed by atoms with E-state index in [2.05, 4.69) is 18.2 Å². The standard InChI is InChI=1S/C18H18N2O2/c19-11-14-13(10-9-12-5-2-1-3-6-12)17-15(21)7-4-8-16(17)22-18(14)20/h1-3,5-6,13H,4,7-10,20H2/t13-/m0/s1. The van der Waals surface area contributed by atoms with Gasteiger partial charge >= 0.3 is 0 Å². The summed E-state index contributed by atoms with van der Waals surface area (Å²) in [4.78, 5) is 12.3. The van der Waals surface area contributed by atoms with Crippen LogP contribution in [-0.4, -0.2) is 5.78 Å². The van der Waals surface area contributed by atoms with E-state index in [0.717, 1.165) is 19.3 Å². The van der Waals surface area contributed by atoms with Gasteiger partial charge in [-0.2, -0.15) is 5.26 Å². The number of rotatable bonds is 3. The molecule has 1 aromatic carbocycles. The Bertz CT molecular complexity index is 696. The third-order valence-corrected chi connectivity index (χ3v) is 4.29. The number of aryl methyl sites for hydroxylation is 1. The van der Waals surface area contributed by atoms with Crippen LogP contribution in [0.25, 0.3) is 0 Å². The van der Waals surface area contributed by atoms with Crippen molar-refractivity contribution in [1.82, 2.24) is 0 Å². The first-order valence-electron chi connectivity index (χ1n) is 7.58. The molecule has 0 saturated carbocycles. The van der Waals surface area contributed by atoms with E-state index in [4.69, 9.17) is 10.5 Å². The lowest BCUT2D eigenvalue weighted by Gasteiger charge is -2.30. The van der Waals surface area contributed by atoms with Gasteiger partial charge in [0, 0.05) is 24.3 Å². The smallest absolute Gasteiger partial charge is 0.204 e. The summed E-state index contributed by atoms with van der Waals surface area (Å²) in [6.07, 6.45) is 3.54. The number of carbonyl (C=O) groups excluding carboxylic acids is 1. The molecule has 1 heterocycles. The normalized spacial score (nSPS) is 21.2. The summed E-state index contributed by atoms with van der Waals surface area (Å²) in [5, 5.41) is 9.40. The topological polar surface area (TPSA) is 76.1 Å². The Kier molecular flexibility index (Phi) is 3.97. The Hall–Kier alpha value is -2.54. The SMILES string of the molecule is N#CC1=C(N)OC2=C(C(=O)CCC2)[C@H]1CCc1ccccc1. The monoisotopic (exact) mass is 294 g/mol. The van der Waals surface area contributed by atoms with E-state index in [1.165, 1.54) is 5.56 Å². The van der Waals surface area contributed by atoms with Crippen LogP contribution in [0.2, 0.25) is 0 Å². The van der Waals surface area contributed by atoms with Crippen LogP contribution in [0, 0.1) is 17.2 Å². The molecule has 2 aliphatic rings. The minimum Gasteiger partial charge on any atom is -0.444 e. The Morgan fingerprint density at radius 3 is 2.77 bits per heavy atom. The molecule has 2 N–H and O–H groups in total. The van der Waals surface area contributed by atoms with Crippen LogP contribution in [0.1, 0.15) is 31.2 Å². The molecule has 0 spiro atoms. The van der Waals surface area contributed by atoms with Crippen molar-refractivity contribution in [2.75, 3.05) is 0 Å². The maximum atomic E-state index is 12.3. The summed E-state index contributed by atoms with van der Waals surface area (Å²) >= 11 is 0. The average molecular weight is 294 g/mol. The van der Waals surface area contributed by atoms with Crippen molar-refractivity contribution < 1.29 is 9.53 Å². The van der Waals surface area contributed by atoms with Crippen LogP contribution in [0.5, 0.6) is 0 Å². The highest BCUT2D eigenvalue weighted by Crippen LogP contribution is 2.39. The Balaban J connectivity index is 1.89. The van der Waals surface area contributed by atoms with Gasteiger partial charge in [-0.3, -0.25) is 4.79 Å². The van der Waals surface area contributed by atoms with Crippen LogP contribution >= 0.6 is 0 Å². The highest BCUT2D eigenvalue weighted by Gasteiger charge is 2.36. The quantitative estimate of drug-likeness (QED) is 0.929. The predicted molar refractivity (Wildman–Crippen MR) is 82.0 cm³/mol. The zero-order valence-electron chi connectivity index (χ0n) is 12.3. The largest absolute Gasteiger partial charge is 0.444 e. The van der Waals surface area contributed by atoms with E-state index in [9.17, 15) is 10.1 Å². The van der Waals surface area contributed by atoms with Gasteiger partial charge in [0.1, 0.15) is 11.8 Å². The van der Waals surface area contributed by atoms with Gasteiger partial charge in [-0.15, -0.1) is 0 Å². The van der Waals surface area contributed by atoms with Crippen molar-refractivity contribution in [2.24, 2.45) is 11.7 Å². The highest BCUT2D eigenvalue weighted by molar-refractivity contribution is 5.98. The van der Waals surface area contributed by atoms with E-state index in [-0.39, 0.29) is 17.6 Å². The van der Waals surface area contributed by atoms with Crippen molar-refractivity contribution in [2.45, 2.75) is 32.1 Å². The molecule has 1 aliphatic carbocycles. The van der Waals surface area contributed by atoms with Gasteiger partial charge in [-0.1, -0.05) is 30.3 Å². The number of ketones is 1. The molecule has 0 bridgehead atoms. The number of nitriles is 1. The first-order chi connectivity index (χ1) is 10.7. The molecule has 0 aromatic heterocycles. The number of allylic oxidation sites excluding steroid dienone is 3. The van der Waals surface area contributed by atoms with E-state index >= 15 is 0 Å². The minimum absolute atomic E-state index is 0.0968. The number of hydrogen-bond donors (Lipinski definition) is 1. The summed E-state index contributed by atoms with van der Waals surface area (Å²) in [7, 11) is 0. The molecule has 22 heavy (non-hydrogen) atoms. The second kappa shape index (κ2) is 6.07. The molecule has 1 aliphatic heterocycles. The van der Waals surface area contributed by atoms with Gasteiger partial charge in [-0.05, 0) is 24.8 Å². The van der Waals surface area contributed by atoms with Gasteiger partial charge in [0.2, 0.25) is 5.88 Å². The number of ether oxygens (including phenoxy) is 1. The van der Waals surface area contributed by atoms with E-state index < -0.39 is 0 Å². The number of Topliss-reactive ketones (excluding diaryl/α,β-unsaturated/α-hetero) is 1. The van der Waals surface area contributed by atoms with Crippen molar-refractivity contribution in [3.05, 3.63) is 58.7 Å². The lowest BCUT2D eigenvalue weighted by atomic mass is 9.78. The first-order valence-corrected chi connectivity index (χ1v) is 7.58. The number of benzene rings is 1. The van der Waals surface area contributed by atoms with Gasteiger partial charge in [0.25, 0.3) is 0 Å². The third-order valence-electron chi connectivity index (χ3n) is 4.29. The molecular weight excluding hydrogens is 276 g/mol. The highest BCUT2D eigenvalue weighted by atomic mass is 16.5. The molecule has 4 nitrogen and oxygen atoms in total. The zero-order valence-corrected chi connectivity index (χ0v) is 12.3. The lowest BCUT2D eigenvalue weighted by Crippen LogP contribution is -2.28. The fourth-order valence-electron chi connectivity index (χ4n) is 3.21. The summed E-state index contributed by atoms with van der Waals surface area (Å²) in [5.74, 6) is 0.696. The van der Waals surface area contributed by atoms with Crippen LogP contribution in [-0.2, 0) is 16.0 Å². The Labute approximate surface area is 129 Å². The second-order valence-corrected chi connectivity index (χ2v) is 5.68. The first kappa shape index (κ1) is 14.4. The van der Waals surface area contributed by atoms with Crippen molar-refractivity contribution in [3.63, 3.8) is 0 Å². The maximum absolute atomic E-state index is 12.3. The van der Waals surface area contributed by atoms with Gasteiger partial charge in [0.15, 0.2) is 5.78 Å². The number of hydrogen-bond acceptors (Lipinski definition) is 4.